The van der Waals surface area contributed by atoms with E-state index in [9.17, 15) is 14.4 Å². The molecule has 6 nitrogen and oxygen atoms in total. The maximum absolute atomic E-state index is 13.2. The summed E-state index contributed by atoms with van der Waals surface area (Å²) in [6.45, 7) is 5.04. The first-order chi connectivity index (χ1) is 13.3. The fraction of sp³-hybridized carbons (Fsp3) is 0.190. The first kappa shape index (κ1) is 19.6. The van der Waals surface area contributed by atoms with E-state index in [4.69, 9.17) is 16.3 Å². The summed E-state index contributed by atoms with van der Waals surface area (Å²) < 4.78 is 5.12. The number of ether oxygens (including phenoxy) is 1. The van der Waals surface area contributed by atoms with Gasteiger partial charge in [0.1, 0.15) is 5.69 Å². The molecular weight excluding hydrogens is 380 g/mol. The lowest BCUT2D eigenvalue weighted by Gasteiger charge is -2.09. The highest BCUT2D eigenvalue weighted by Crippen LogP contribution is 2.35. The number of aromatic amines is 1. The van der Waals surface area contributed by atoms with Crippen LogP contribution in [0.5, 0.6) is 0 Å². The molecule has 0 saturated heterocycles. The number of hydrogen-bond donors (Lipinski definition) is 2. The molecule has 28 heavy (non-hydrogen) atoms. The number of esters is 1. The van der Waals surface area contributed by atoms with Crippen molar-refractivity contribution in [3.63, 3.8) is 0 Å². The highest BCUT2D eigenvalue weighted by atomic mass is 35.5. The Bertz CT molecular complexity index is 1100. The van der Waals surface area contributed by atoms with Crippen molar-refractivity contribution >= 4 is 45.9 Å². The second-order valence-corrected chi connectivity index (χ2v) is 6.73. The lowest BCUT2D eigenvalue weighted by atomic mass is 10.0. The van der Waals surface area contributed by atoms with Gasteiger partial charge in [0.2, 0.25) is 11.7 Å². The van der Waals surface area contributed by atoms with E-state index in [2.05, 4.69) is 10.3 Å². The van der Waals surface area contributed by atoms with Gasteiger partial charge in [-0.15, -0.1) is 0 Å². The van der Waals surface area contributed by atoms with Gasteiger partial charge in [-0.2, -0.15) is 0 Å². The first-order valence-electron chi connectivity index (χ1n) is 8.73. The van der Waals surface area contributed by atoms with Crippen LogP contribution in [0.1, 0.15) is 45.8 Å². The molecule has 1 heterocycles. The molecule has 0 spiro atoms. The number of carbonyl (C=O) groups excluding carboxylic acids is 3. The number of hydrogen-bond acceptors (Lipinski definition) is 4. The van der Waals surface area contributed by atoms with E-state index in [1.54, 1.807) is 25.1 Å². The zero-order valence-corrected chi connectivity index (χ0v) is 16.4. The molecule has 0 aliphatic rings. The van der Waals surface area contributed by atoms with Gasteiger partial charge in [0.25, 0.3) is 0 Å². The molecule has 7 heteroatoms. The highest BCUT2D eigenvalue weighted by molar-refractivity contribution is 6.33. The van der Waals surface area contributed by atoms with E-state index >= 15 is 0 Å². The lowest BCUT2D eigenvalue weighted by Crippen LogP contribution is -2.13. The summed E-state index contributed by atoms with van der Waals surface area (Å²) in [5.74, 6) is -1.26. The summed E-state index contributed by atoms with van der Waals surface area (Å²) in [5, 5.41) is 3.37. The molecule has 1 aromatic heterocycles. The minimum absolute atomic E-state index is 0.173. The van der Waals surface area contributed by atoms with E-state index in [0.29, 0.717) is 21.5 Å². The molecule has 1 amide bonds. The molecule has 0 fully saturated rings. The Balaban J connectivity index is 2.30. The normalized spacial score (nSPS) is 10.7. The zero-order valence-electron chi connectivity index (χ0n) is 15.7. The predicted molar refractivity (Wildman–Crippen MR) is 108 cm³/mol. The number of carbonyl (C=O) groups is 3. The van der Waals surface area contributed by atoms with Gasteiger partial charge >= 0.3 is 5.97 Å². The van der Waals surface area contributed by atoms with Crippen LogP contribution in [0.2, 0.25) is 5.02 Å². The molecule has 2 aromatic carbocycles. The van der Waals surface area contributed by atoms with Gasteiger partial charge in [-0.3, -0.25) is 9.59 Å². The highest BCUT2D eigenvalue weighted by Gasteiger charge is 2.25. The molecular formula is C21H19ClN2O4. The van der Waals surface area contributed by atoms with Gasteiger partial charge in [0, 0.05) is 22.9 Å². The average Bonchev–Trinajstić information content (AvgIpc) is 2.98. The topological polar surface area (TPSA) is 88.3 Å². The maximum atomic E-state index is 13.2. The van der Waals surface area contributed by atoms with Gasteiger partial charge < -0.3 is 15.0 Å². The Morgan fingerprint density at radius 1 is 1.14 bits per heavy atom. The monoisotopic (exact) mass is 398 g/mol. The quantitative estimate of drug-likeness (QED) is 0.489. The number of amides is 1. The third-order valence-electron chi connectivity index (χ3n) is 4.28. The van der Waals surface area contributed by atoms with Crippen molar-refractivity contribution in [3.8, 4) is 0 Å². The summed E-state index contributed by atoms with van der Waals surface area (Å²) in [6, 6.07) is 10.2. The van der Waals surface area contributed by atoms with Crippen LogP contribution in [0.15, 0.2) is 36.4 Å². The third kappa shape index (κ3) is 3.64. The Kier molecular flexibility index (Phi) is 5.51. The summed E-state index contributed by atoms with van der Waals surface area (Å²) in [4.78, 5) is 40.5. The van der Waals surface area contributed by atoms with Crippen molar-refractivity contribution in [2.75, 3.05) is 11.9 Å². The van der Waals surface area contributed by atoms with Crippen LogP contribution in [0.4, 0.5) is 5.69 Å². The third-order valence-corrected chi connectivity index (χ3v) is 4.49. The largest absolute Gasteiger partial charge is 0.462 e. The van der Waals surface area contributed by atoms with Crippen molar-refractivity contribution in [2.45, 2.75) is 20.8 Å². The second kappa shape index (κ2) is 7.86. The van der Waals surface area contributed by atoms with E-state index in [1.807, 2.05) is 19.1 Å². The molecule has 0 unspecified atom stereocenters. The van der Waals surface area contributed by atoms with Crippen LogP contribution < -0.4 is 5.32 Å². The fourth-order valence-electron chi connectivity index (χ4n) is 3.10. The standard InChI is InChI=1S/C21H19ClN2O4/c1-4-28-21(27)15-9-13(22)10-16-17(15)18(23-12(3)25)19(24-16)20(26)14-8-6-5-7-11(14)2/h5-10,24H,4H2,1-3H3,(H,23,25). The van der Waals surface area contributed by atoms with Gasteiger partial charge in [-0.05, 0) is 31.5 Å². The van der Waals surface area contributed by atoms with E-state index in [-0.39, 0.29) is 35.2 Å². The number of ketones is 1. The van der Waals surface area contributed by atoms with Crippen molar-refractivity contribution < 1.29 is 19.1 Å². The summed E-state index contributed by atoms with van der Waals surface area (Å²) in [6.07, 6.45) is 0. The second-order valence-electron chi connectivity index (χ2n) is 6.30. The van der Waals surface area contributed by atoms with Gasteiger partial charge in [-0.25, -0.2) is 4.79 Å². The zero-order chi connectivity index (χ0) is 20.4. The molecule has 0 aliphatic heterocycles. The molecule has 3 rings (SSSR count). The van der Waals surface area contributed by atoms with Crippen LogP contribution in [0, 0.1) is 6.92 Å². The van der Waals surface area contributed by atoms with Crippen LogP contribution in [0.3, 0.4) is 0 Å². The molecule has 144 valence electrons. The number of anilines is 1. The number of nitrogens with one attached hydrogen (secondary N) is 2. The number of H-pyrrole nitrogens is 1. The van der Waals surface area contributed by atoms with Gasteiger partial charge in [0.05, 0.1) is 23.4 Å². The van der Waals surface area contributed by atoms with Crippen LogP contribution >= 0.6 is 11.6 Å². The lowest BCUT2D eigenvalue weighted by molar-refractivity contribution is -0.114. The maximum Gasteiger partial charge on any atom is 0.338 e. The van der Waals surface area contributed by atoms with E-state index in [1.165, 1.54) is 13.0 Å². The summed E-state index contributed by atoms with van der Waals surface area (Å²) in [5.41, 5.74) is 2.32. The number of aromatic nitrogens is 1. The van der Waals surface area contributed by atoms with Crippen LogP contribution in [-0.2, 0) is 9.53 Å². The Hall–Kier alpha value is -3.12. The smallest absolute Gasteiger partial charge is 0.338 e. The predicted octanol–water partition coefficient (Wildman–Crippen LogP) is 4.50. The Morgan fingerprint density at radius 3 is 2.50 bits per heavy atom. The van der Waals surface area contributed by atoms with Crippen molar-refractivity contribution in [3.05, 3.63) is 63.8 Å². The number of aryl methyl sites for hydroxylation is 1. The van der Waals surface area contributed by atoms with Crippen molar-refractivity contribution in [1.82, 2.24) is 4.98 Å². The van der Waals surface area contributed by atoms with Crippen molar-refractivity contribution in [2.24, 2.45) is 0 Å². The molecule has 0 atom stereocenters. The average molecular weight is 399 g/mol. The van der Waals surface area contributed by atoms with Crippen molar-refractivity contribution in [1.29, 1.82) is 0 Å². The summed E-state index contributed by atoms with van der Waals surface area (Å²) in [7, 11) is 0. The summed E-state index contributed by atoms with van der Waals surface area (Å²) >= 11 is 6.16. The Morgan fingerprint density at radius 2 is 1.86 bits per heavy atom. The Labute approximate surface area is 166 Å². The number of benzene rings is 2. The molecule has 0 bridgehead atoms. The van der Waals surface area contributed by atoms with E-state index < -0.39 is 5.97 Å². The number of fused-ring (bicyclic) bond motifs is 1. The first-order valence-corrected chi connectivity index (χ1v) is 9.11. The SMILES string of the molecule is CCOC(=O)c1cc(Cl)cc2[nH]c(C(=O)c3ccccc3C)c(NC(C)=O)c12. The number of halogens is 1. The fourth-order valence-corrected chi connectivity index (χ4v) is 3.32. The van der Waals surface area contributed by atoms with E-state index in [0.717, 1.165) is 5.56 Å². The van der Waals surface area contributed by atoms with Crippen LogP contribution in [-0.4, -0.2) is 29.3 Å². The number of rotatable bonds is 5. The minimum atomic E-state index is -0.588. The molecule has 0 radical (unpaired) electrons. The van der Waals surface area contributed by atoms with Gasteiger partial charge in [0.15, 0.2) is 0 Å². The molecule has 2 N–H and O–H groups in total. The molecule has 3 aromatic rings. The minimum Gasteiger partial charge on any atom is -0.462 e. The van der Waals surface area contributed by atoms with Gasteiger partial charge in [-0.1, -0.05) is 35.9 Å². The van der Waals surface area contributed by atoms with Crippen LogP contribution in [0.25, 0.3) is 10.9 Å². The molecule has 0 aliphatic carbocycles. The molecule has 0 saturated carbocycles.